The number of rotatable bonds is 6. The van der Waals surface area contributed by atoms with Gasteiger partial charge >= 0.3 is 0 Å². The van der Waals surface area contributed by atoms with E-state index in [1.807, 2.05) is 13.8 Å². The Labute approximate surface area is 146 Å². The Morgan fingerprint density at radius 2 is 1.72 bits per heavy atom. The summed E-state index contributed by atoms with van der Waals surface area (Å²) in [6.45, 7) is 6.26. The molecule has 132 valence electrons. The molecule has 0 aliphatic rings. The molecule has 0 unspecified atom stereocenters. The largest absolute Gasteiger partial charge is 0.494 e. The minimum Gasteiger partial charge on any atom is -0.494 e. The van der Waals surface area contributed by atoms with Crippen molar-refractivity contribution >= 4 is 21.1 Å². The summed E-state index contributed by atoms with van der Waals surface area (Å²) in [6.07, 6.45) is 0. The first-order valence-corrected chi connectivity index (χ1v) is 9.39. The van der Waals surface area contributed by atoms with Gasteiger partial charge < -0.3 is 9.47 Å². The lowest BCUT2D eigenvalue weighted by atomic mass is 10.2. The van der Waals surface area contributed by atoms with Gasteiger partial charge in [-0.1, -0.05) is 17.3 Å². The quantitative estimate of drug-likeness (QED) is 0.671. The summed E-state index contributed by atoms with van der Waals surface area (Å²) in [7, 11) is -3.99. The molecule has 0 aliphatic carbocycles. The Morgan fingerprint density at radius 1 is 1.04 bits per heavy atom. The first-order chi connectivity index (χ1) is 12.0. The highest BCUT2D eigenvalue weighted by molar-refractivity contribution is 7.90. The molecule has 0 radical (unpaired) electrons. The lowest BCUT2D eigenvalue weighted by molar-refractivity contribution is 0.320. The minimum absolute atomic E-state index is 0.000877. The van der Waals surface area contributed by atoms with Crippen LogP contribution in [0.15, 0.2) is 41.3 Å². The Balaban J connectivity index is 2.23. The number of benzene rings is 2. The average Bonchev–Trinajstić information content (AvgIpc) is 3.02. The van der Waals surface area contributed by atoms with Crippen molar-refractivity contribution in [1.82, 2.24) is 14.4 Å². The topological polar surface area (TPSA) is 83.3 Å². The second-order valence-corrected chi connectivity index (χ2v) is 7.09. The third kappa shape index (κ3) is 3.05. The molecule has 0 spiro atoms. The van der Waals surface area contributed by atoms with Gasteiger partial charge in [-0.25, -0.2) is 0 Å². The molecule has 0 atom stereocenters. The third-order valence-electron chi connectivity index (χ3n) is 3.67. The molecule has 25 heavy (non-hydrogen) atoms. The van der Waals surface area contributed by atoms with E-state index in [0.29, 0.717) is 30.0 Å². The standard InChI is InChI=1S/C17H19N3O4S/c1-4-23-15-11-17(16(24-5-2)10-12(15)3)25(21,22)20-14-9-7-6-8-13(14)18-19-20/h6-11H,4-5H2,1-3H3. The predicted octanol–water partition coefficient (Wildman–Crippen LogP) is 2.77. The van der Waals surface area contributed by atoms with Gasteiger partial charge in [0.1, 0.15) is 27.4 Å². The molecule has 0 amide bonds. The van der Waals surface area contributed by atoms with E-state index < -0.39 is 10.0 Å². The molecule has 0 N–H and O–H groups in total. The van der Waals surface area contributed by atoms with Crippen LogP contribution in [0.2, 0.25) is 0 Å². The average molecular weight is 361 g/mol. The van der Waals surface area contributed by atoms with E-state index in [-0.39, 0.29) is 10.6 Å². The number of nitrogens with zero attached hydrogens (tertiary/aromatic N) is 3. The number of ether oxygens (including phenoxy) is 2. The molecule has 0 saturated heterocycles. The zero-order chi connectivity index (χ0) is 18.0. The number of aryl methyl sites for hydroxylation is 1. The zero-order valence-corrected chi connectivity index (χ0v) is 15.1. The fraction of sp³-hybridized carbons (Fsp3) is 0.294. The Bertz CT molecular complexity index is 1010. The summed E-state index contributed by atoms with van der Waals surface area (Å²) in [5.74, 6) is 0.761. The van der Waals surface area contributed by atoms with Gasteiger partial charge in [-0.2, -0.15) is 8.42 Å². The molecular formula is C17H19N3O4S. The fourth-order valence-electron chi connectivity index (χ4n) is 2.54. The van der Waals surface area contributed by atoms with Crippen LogP contribution in [0.3, 0.4) is 0 Å². The van der Waals surface area contributed by atoms with Gasteiger partial charge in [0.25, 0.3) is 10.0 Å². The minimum atomic E-state index is -3.99. The van der Waals surface area contributed by atoms with Crippen LogP contribution in [-0.2, 0) is 10.0 Å². The van der Waals surface area contributed by atoms with Crippen LogP contribution < -0.4 is 9.47 Å². The van der Waals surface area contributed by atoms with Gasteiger partial charge in [-0.15, -0.1) is 9.19 Å². The van der Waals surface area contributed by atoms with E-state index in [4.69, 9.17) is 9.47 Å². The van der Waals surface area contributed by atoms with Crippen LogP contribution >= 0.6 is 0 Å². The summed E-state index contributed by atoms with van der Waals surface area (Å²) in [5.41, 5.74) is 1.71. The van der Waals surface area contributed by atoms with Gasteiger partial charge in [0.15, 0.2) is 0 Å². The molecule has 2 aromatic carbocycles. The zero-order valence-electron chi connectivity index (χ0n) is 14.3. The second kappa shape index (κ2) is 6.72. The first-order valence-electron chi connectivity index (χ1n) is 7.95. The van der Waals surface area contributed by atoms with Crippen LogP contribution in [0.5, 0.6) is 11.5 Å². The van der Waals surface area contributed by atoms with E-state index in [1.54, 1.807) is 37.3 Å². The Morgan fingerprint density at radius 3 is 2.44 bits per heavy atom. The van der Waals surface area contributed by atoms with Crippen LogP contribution in [-0.4, -0.2) is 36.0 Å². The van der Waals surface area contributed by atoms with Crippen molar-refractivity contribution in [2.45, 2.75) is 25.7 Å². The molecule has 1 aromatic heterocycles. The van der Waals surface area contributed by atoms with Gasteiger partial charge in [0, 0.05) is 6.07 Å². The van der Waals surface area contributed by atoms with Gasteiger partial charge in [-0.3, -0.25) is 0 Å². The third-order valence-corrected chi connectivity index (χ3v) is 5.27. The number of aromatic nitrogens is 3. The summed E-state index contributed by atoms with van der Waals surface area (Å²) in [4.78, 5) is -0.000877. The number of fused-ring (bicyclic) bond motifs is 1. The van der Waals surface area contributed by atoms with Crippen molar-refractivity contribution in [2.24, 2.45) is 0 Å². The Kier molecular flexibility index (Phi) is 4.63. The van der Waals surface area contributed by atoms with E-state index >= 15 is 0 Å². The molecule has 0 aliphatic heterocycles. The highest BCUT2D eigenvalue weighted by Crippen LogP contribution is 2.33. The molecule has 7 nitrogen and oxygen atoms in total. The highest BCUT2D eigenvalue weighted by atomic mass is 32.2. The van der Waals surface area contributed by atoms with E-state index in [1.165, 1.54) is 6.07 Å². The van der Waals surface area contributed by atoms with Crippen LogP contribution in [0.4, 0.5) is 0 Å². The summed E-state index contributed by atoms with van der Waals surface area (Å²) in [6, 6.07) is 10.0. The molecule has 1 heterocycles. The predicted molar refractivity (Wildman–Crippen MR) is 93.6 cm³/mol. The maximum absolute atomic E-state index is 13.2. The lowest BCUT2D eigenvalue weighted by Crippen LogP contribution is -2.16. The number of para-hydroxylation sites is 1. The SMILES string of the molecule is CCOc1cc(S(=O)(=O)n2nnc3ccccc32)c(OCC)cc1C. The number of hydrogen-bond acceptors (Lipinski definition) is 6. The van der Waals surface area contributed by atoms with E-state index in [2.05, 4.69) is 10.3 Å². The summed E-state index contributed by atoms with van der Waals surface area (Å²) < 4.78 is 38.4. The molecule has 3 rings (SSSR count). The maximum atomic E-state index is 13.2. The van der Waals surface area contributed by atoms with Crippen molar-refractivity contribution in [1.29, 1.82) is 0 Å². The first kappa shape index (κ1) is 17.2. The molecule has 3 aromatic rings. The molecule has 0 fully saturated rings. The molecule has 8 heteroatoms. The normalized spacial score (nSPS) is 11.6. The van der Waals surface area contributed by atoms with Crippen LogP contribution in [0.25, 0.3) is 11.0 Å². The summed E-state index contributed by atoms with van der Waals surface area (Å²) in [5, 5.41) is 7.75. The Hall–Kier alpha value is -2.61. The van der Waals surface area contributed by atoms with Crippen molar-refractivity contribution in [3.63, 3.8) is 0 Å². The van der Waals surface area contributed by atoms with Gasteiger partial charge in [0.05, 0.1) is 13.2 Å². The van der Waals surface area contributed by atoms with Crippen molar-refractivity contribution in [3.8, 4) is 11.5 Å². The smallest absolute Gasteiger partial charge is 0.288 e. The molecule has 0 saturated carbocycles. The second-order valence-electron chi connectivity index (χ2n) is 5.36. The highest BCUT2D eigenvalue weighted by Gasteiger charge is 2.27. The van der Waals surface area contributed by atoms with Crippen molar-refractivity contribution in [3.05, 3.63) is 42.0 Å². The van der Waals surface area contributed by atoms with E-state index in [9.17, 15) is 8.42 Å². The molecular weight excluding hydrogens is 342 g/mol. The van der Waals surface area contributed by atoms with Crippen LogP contribution in [0, 0.1) is 6.92 Å². The fourth-order valence-corrected chi connectivity index (χ4v) is 3.90. The maximum Gasteiger partial charge on any atom is 0.288 e. The van der Waals surface area contributed by atoms with Crippen molar-refractivity contribution in [2.75, 3.05) is 13.2 Å². The van der Waals surface area contributed by atoms with Crippen LogP contribution in [0.1, 0.15) is 19.4 Å². The number of hydrogen-bond donors (Lipinski definition) is 0. The van der Waals surface area contributed by atoms with Gasteiger partial charge in [0.2, 0.25) is 0 Å². The summed E-state index contributed by atoms with van der Waals surface area (Å²) >= 11 is 0. The van der Waals surface area contributed by atoms with E-state index in [0.717, 1.165) is 9.65 Å². The van der Waals surface area contributed by atoms with Crippen molar-refractivity contribution < 1.29 is 17.9 Å². The monoisotopic (exact) mass is 361 g/mol. The lowest BCUT2D eigenvalue weighted by Gasteiger charge is -2.15. The van der Waals surface area contributed by atoms with Gasteiger partial charge in [-0.05, 0) is 44.5 Å². The molecule has 0 bridgehead atoms.